The molecule has 1 amide bonds. The Bertz CT molecular complexity index is 102. The van der Waals surface area contributed by atoms with Crippen LogP contribution in [0.4, 0.5) is 4.79 Å². The molecule has 0 radical (unpaired) electrons. The molecule has 0 spiro atoms. The molecule has 0 heterocycles. The molecule has 4 nitrogen and oxygen atoms in total. The third-order valence-corrected chi connectivity index (χ3v) is 0.903. The molecule has 3 N–H and O–H groups in total. The first kappa shape index (κ1) is 8.23. The minimum Gasteiger partial charge on any atom is -0.465 e. The number of hydrogen-bond acceptors (Lipinski definition) is 2. The van der Waals surface area contributed by atoms with Crippen LogP contribution in [0.3, 0.4) is 0 Å². The Morgan fingerprint density at radius 2 is 2.00 bits per heavy atom. The molecule has 0 rings (SSSR count). The van der Waals surface area contributed by atoms with Crippen LogP contribution >= 0.6 is 0 Å². The Labute approximate surface area is 53.5 Å². The van der Waals surface area contributed by atoms with E-state index in [0.717, 1.165) is 0 Å². The molecule has 0 aromatic heterocycles. The molecule has 0 fully saturated rings. The Morgan fingerprint density at radius 3 is 2.11 bits per heavy atom. The van der Waals surface area contributed by atoms with Gasteiger partial charge in [0.05, 0.1) is 0 Å². The van der Waals surface area contributed by atoms with Gasteiger partial charge in [0.25, 0.3) is 0 Å². The minimum absolute atomic E-state index is 0.0823. The van der Waals surface area contributed by atoms with E-state index in [4.69, 9.17) is 10.2 Å². The number of aliphatic hydroxyl groups is 1. The van der Waals surface area contributed by atoms with E-state index in [0.29, 0.717) is 0 Å². The molecule has 0 aromatic rings. The normalized spacial score (nSPS) is 13.3. The van der Waals surface area contributed by atoms with E-state index >= 15 is 0 Å². The molecular formula is C5H11NO3. The lowest BCUT2D eigenvalue weighted by Gasteiger charge is -2.12. The molecule has 0 aliphatic carbocycles. The van der Waals surface area contributed by atoms with Crippen molar-refractivity contribution in [1.29, 1.82) is 0 Å². The van der Waals surface area contributed by atoms with Gasteiger partial charge < -0.3 is 10.2 Å². The summed E-state index contributed by atoms with van der Waals surface area (Å²) >= 11 is 0. The fraction of sp³-hybridized carbons (Fsp3) is 0.800. The molecule has 9 heavy (non-hydrogen) atoms. The minimum atomic E-state index is -1.20. The van der Waals surface area contributed by atoms with E-state index < -0.39 is 12.3 Å². The third kappa shape index (κ3) is 3.78. The van der Waals surface area contributed by atoms with Gasteiger partial charge in [0.1, 0.15) is 6.23 Å². The molecular weight excluding hydrogens is 122 g/mol. The van der Waals surface area contributed by atoms with Crippen LogP contribution in [0.15, 0.2) is 0 Å². The van der Waals surface area contributed by atoms with Crippen LogP contribution in [0, 0.1) is 5.92 Å². The number of nitrogens with one attached hydrogen (secondary N) is 1. The van der Waals surface area contributed by atoms with E-state index in [2.05, 4.69) is 0 Å². The topological polar surface area (TPSA) is 69.6 Å². The lowest BCUT2D eigenvalue weighted by atomic mass is 10.2. The maximum absolute atomic E-state index is 9.84. The van der Waals surface area contributed by atoms with Gasteiger partial charge in [-0.25, -0.2) is 4.79 Å². The van der Waals surface area contributed by atoms with Crippen LogP contribution < -0.4 is 5.32 Å². The quantitative estimate of drug-likeness (QED) is 0.472. The second kappa shape index (κ2) is 3.29. The molecule has 4 heteroatoms. The highest BCUT2D eigenvalue weighted by atomic mass is 16.4. The standard InChI is InChI=1S/C5H11NO3/c1-3(2)4(7)6-5(8)9/h3-4,6-7H,1-2H3,(H,8,9). The highest BCUT2D eigenvalue weighted by Crippen LogP contribution is 1.95. The molecule has 0 aromatic carbocycles. The average molecular weight is 133 g/mol. The van der Waals surface area contributed by atoms with Crippen LogP contribution in [0.1, 0.15) is 13.8 Å². The largest absolute Gasteiger partial charge is 0.465 e. The van der Waals surface area contributed by atoms with Crippen molar-refractivity contribution in [2.24, 2.45) is 5.92 Å². The monoisotopic (exact) mass is 133 g/mol. The first-order chi connectivity index (χ1) is 4.04. The summed E-state index contributed by atoms with van der Waals surface area (Å²) in [5.41, 5.74) is 0. The maximum Gasteiger partial charge on any atom is 0.406 e. The summed E-state index contributed by atoms with van der Waals surface area (Å²) < 4.78 is 0. The number of rotatable bonds is 2. The van der Waals surface area contributed by atoms with Gasteiger partial charge in [0.2, 0.25) is 0 Å². The maximum atomic E-state index is 9.84. The summed E-state index contributed by atoms with van der Waals surface area (Å²) in [6.07, 6.45) is -2.15. The third-order valence-electron chi connectivity index (χ3n) is 0.903. The van der Waals surface area contributed by atoms with Crippen molar-refractivity contribution in [3.63, 3.8) is 0 Å². The van der Waals surface area contributed by atoms with Gasteiger partial charge >= 0.3 is 6.09 Å². The van der Waals surface area contributed by atoms with E-state index in [1.807, 2.05) is 5.32 Å². The summed E-state index contributed by atoms with van der Waals surface area (Å²) in [5, 5.41) is 18.8. The van der Waals surface area contributed by atoms with Crippen molar-refractivity contribution in [2.45, 2.75) is 20.1 Å². The second-order valence-electron chi connectivity index (χ2n) is 2.14. The van der Waals surface area contributed by atoms with Crippen molar-refractivity contribution in [3.8, 4) is 0 Å². The zero-order chi connectivity index (χ0) is 7.44. The van der Waals surface area contributed by atoms with E-state index in [9.17, 15) is 4.79 Å². The predicted molar refractivity (Wildman–Crippen MR) is 32.0 cm³/mol. The lowest BCUT2D eigenvalue weighted by molar-refractivity contribution is 0.0858. The van der Waals surface area contributed by atoms with Crippen molar-refractivity contribution in [2.75, 3.05) is 0 Å². The summed E-state index contributed by atoms with van der Waals surface area (Å²) in [5.74, 6) is -0.0823. The summed E-state index contributed by atoms with van der Waals surface area (Å²) in [7, 11) is 0. The van der Waals surface area contributed by atoms with Crippen molar-refractivity contribution in [3.05, 3.63) is 0 Å². The molecule has 54 valence electrons. The first-order valence-electron chi connectivity index (χ1n) is 2.71. The van der Waals surface area contributed by atoms with Crippen LogP contribution in [-0.4, -0.2) is 22.5 Å². The van der Waals surface area contributed by atoms with Crippen molar-refractivity contribution >= 4 is 6.09 Å². The molecule has 0 aliphatic heterocycles. The van der Waals surface area contributed by atoms with Gasteiger partial charge in [-0.3, -0.25) is 5.32 Å². The van der Waals surface area contributed by atoms with Gasteiger partial charge in [-0.2, -0.15) is 0 Å². The zero-order valence-electron chi connectivity index (χ0n) is 5.46. The van der Waals surface area contributed by atoms with Gasteiger partial charge in [0.15, 0.2) is 0 Å². The second-order valence-corrected chi connectivity index (χ2v) is 2.14. The number of hydrogen-bond donors (Lipinski definition) is 3. The highest BCUT2D eigenvalue weighted by Gasteiger charge is 2.09. The highest BCUT2D eigenvalue weighted by molar-refractivity contribution is 5.64. The van der Waals surface area contributed by atoms with Crippen LogP contribution in [0.5, 0.6) is 0 Å². The van der Waals surface area contributed by atoms with E-state index in [-0.39, 0.29) is 5.92 Å². The number of amides is 1. The smallest absolute Gasteiger partial charge is 0.406 e. The van der Waals surface area contributed by atoms with Gasteiger partial charge in [-0.1, -0.05) is 13.8 Å². The first-order valence-corrected chi connectivity index (χ1v) is 2.71. The SMILES string of the molecule is CC(C)C(O)NC(=O)O. The van der Waals surface area contributed by atoms with Gasteiger partial charge in [-0.05, 0) is 5.92 Å². The van der Waals surface area contributed by atoms with Crippen LogP contribution in [0.25, 0.3) is 0 Å². The molecule has 0 bridgehead atoms. The Kier molecular flexibility index (Phi) is 3.01. The zero-order valence-corrected chi connectivity index (χ0v) is 5.46. The van der Waals surface area contributed by atoms with Crippen molar-refractivity contribution < 1.29 is 15.0 Å². The summed E-state index contributed by atoms with van der Waals surface area (Å²) in [4.78, 5) is 9.84. The fourth-order valence-corrected chi connectivity index (χ4v) is 0.293. The predicted octanol–water partition coefficient (Wildman–Crippen LogP) is 0.228. The average Bonchev–Trinajstić information content (AvgIpc) is 1.63. The number of aliphatic hydroxyl groups excluding tert-OH is 1. The van der Waals surface area contributed by atoms with Gasteiger partial charge in [-0.15, -0.1) is 0 Å². The molecule has 1 atom stereocenters. The lowest BCUT2D eigenvalue weighted by Crippen LogP contribution is -2.37. The summed E-state index contributed by atoms with van der Waals surface area (Å²) in [6, 6.07) is 0. The summed E-state index contributed by atoms with van der Waals surface area (Å²) in [6.45, 7) is 3.45. The molecule has 0 saturated heterocycles. The Morgan fingerprint density at radius 1 is 1.56 bits per heavy atom. The fourth-order valence-electron chi connectivity index (χ4n) is 0.293. The Hall–Kier alpha value is -0.770. The van der Waals surface area contributed by atoms with E-state index in [1.54, 1.807) is 13.8 Å². The van der Waals surface area contributed by atoms with Gasteiger partial charge in [0, 0.05) is 0 Å². The van der Waals surface area contributed by atoms with Crippen molar-refractivity contribution in [1.82, 2.24) is 5.32 Å². The molecule has 0 saturated carbocycles. The number of carbonyl (C=O) groups is 1. The van der Waals surface area contributed by atoms with E-state index in [1.165, 1.54) is 0 Å². The Balaban J connectivity index is 3.50. The molecule has 1 unspecified atom stereocenters. The van der Waals surface area contributed by atoms with Crippen LogP contribution in [0.2, 0.25) is 0 Å². The molecule has 0 aliphatic rings. The van der Waals surface area contributed by atoms with Crippen LogP contribution in [-0.2, 0) is 0 Å². The number of carboxylic acid groups (broad SMARTS) is 1.